The van der Waals surface area contributed by atoms with Crippen LogP contribution in [0.15, 0.2) is 18.2 Å². The lowest BCUT2D eigenvalue weighted by Crippen LogP contribution is -2.37. The van der Waals surface area contributed by atoms with Crippen LogP contribution in [0.2, 0.25) is 0 Å². The minimum Gasteiger partial charge on any atom is -0.496 e. The molecule has 1 atom stereocenters. The Labute approximate surface area is 121 Å². The molecule has 0 aliphatic carbocycles. The number of rotatable bonds is 4. The van der Waals surface area contributed by atoms with E-state index in [1.807, 2.05) is 25.1 Å². The summed E-state index contributed by atoms with van der Waals surface area (Å²) in [7, 11) is 1.63. The smallest absolute Gasteiger partial charge is 0.180 e. The first-order valence-corrected chi connectivity index (χ1v) is 7.53. The number of hydrogen-bond acceptors (Lipinski definition) is 3. The molecular weight excluding hydrogens is 250 g/mol. The normalized spacial score (nSPS) is 20.4. The number of likely N-dealkylation sites (tertiary alicyclic amines) is 1. The summed E-state index contributed by atoms with van der Waals surface area (Å²) < 4.78 is 5.35. The number of carbonyl (C=O) groups excluding carboxylic acids is 1. The summed E-state index contributed by atoms with van der Waals surface area (Å²) in [5.74, 6) is 0.855. The number of nitrogens with zero attached hydrogens (tertiary/aromatic N) is 1. The summed E-state index contributed by atoms with van der Waals surface area (Å²) in [6, 6.07) is 6.29. The highest BCUT2D eigenvalue weighted by Crippen LogP contribution is 2.22. The average Bonchev–Trinajstić information content (AvgIpc) is 2.64. The zero-order valence-electron chi connectivity index (χ0n) is 12.8. The third kappa shape index (κ3) is 3.60. The molecule has 0 radical (unpaired) electrons. The third-order valence-corrected chi connectivity index (χ3v) is 4.19. The van der Waals surface area contributed by atoms with E-state index < -0.39 is 0 Å². The van der Waals surface area contributed by atoms with Crippen molar-refractivity contribution in [1.29, 1.82) is 0 Å². The van der Waals surface area contributed by atoms with Crippen LogP contribution >= 0.6 is 0 Å². The fourth-order valence-electron chi connectivity index (χ4n) is 2.87. The summed E-state index contributed by atoms with van der Waals surface area (Å²) in [5, 5.41) is 0. The van der Waals surface area contributed by atoms with Crippen LogP contribution in [0.25, 0.3) is 0 Å². The number of carbonyl (C=O) groups is 1. The van der Waals surface area contributed by atoms with Crippen LogP contribution in [-0.2, 0) is 0 Å². The number of ketones is 1. The molecule has 1 fully saturated rings. The lowest BCUT2D eigenvalue weighted by Gasteiger charge is -2.26. The highest BCUT2D eigenvalue weighted by molar-refractivity contribution is 6.00. The van der Waals surface area contributed by atoms with Crippen LogP contribution in [0.3, 0.4) is 0 Å². The Morgan fingerprint density at radius 1 is 1.35 bits per heavy atom. The van der Waals surface area contributed by atoms with Gasteiger partial charge in [0.25, 0.3) is 0 Å². The second kappa shape index (κ2) is 6.89. The number of ether oxygens (including phenoxy) is 1. The van der Waals surface area contributed by atoms with E-state index in [1.54, 1.807) is 7.11 Å². The van der Waals surface area contributed by atoms with Crippen molar-refractivity contribution in [1.82, 2.24) is 4.90 Å². The maximum atomic E-state index is 12.5. The molecule has 110 valence electrons. The third-order valence-electron chi connectivity index (χ3n) is 4.19. The molecule has 3 nitrogen and oxygen atoms in total. The van der Waals surface area contributed by atoms with E-state index in [9.17, 15) is 4.79 Å². The van der Waals surface area contributed by atoms with Crippen molar-refractivity contribution in [3.8, 4) is 5.75 Å². The summed E-state index contributed by atoms with van der Waals surface area (Å²) in [4.78, 5) is 14.9. The average molecular weight is 275 g/mol. The summed E-state index contributed by atoms with van der Waals surface area (Å²) in [5.41, 5.74) is 1.82. The first kappa shape index (κ1) is 15.0. The Morgan fingerprint density at radius 3 is 2.90 bits per heavy atom. The van der Waals surface area contributed by atoms with Gasteiger partial charge >= 0.3 is 0 Å². The fraction of sp³-hybridized carbons (Fsp3) is 0.588. The Morgan fingerprint density at radius 2 is 2.15 bits per heavy atom. The molecule has 1 aromatic rings. The van der Waals surface area contributed by atoms with Gasteiger partial charge in [-0.05, 0) is 50.9 Å². The Balaban J connectivity index is 2.11. The molecular formula is C17H25NO2. The van der Waals surface area contributed by atoms with E-state index in [0.717, 1.165) is 12.1 Å². The van der Waals surface area contributed by atoms with Crippen molar-refractivity contribution in [2.45, 2.75) is 45.6 Å². The fourth-order valence-corrected chi connectivity index (χ4v) is 2.87. The van der Waals surface area contributed by atoms with Crippen molar-refractivity contribution in [3.63, 3.8) is 0 Å². The van der Waals surface area contributed by atoms with Gasteiger partial charge in [0.15, 0.2) is 5.78 Å². The molecule has 0 amide bonds. The van der Waals surface area contributed by atoms with E-state index in [0.29, 0.717) is 23.9 Å². The van der Waals surface area contributed by atoms with Crippen molar-refractivity contribution >= 4 is 5.78 Å². The molecule has 0 aromatic heterocycles. The van der Waals surface area contributed by atoms with Crippen molar-refractivity contribution in [3.05, 3.63) is 29.3 Å². The van der Waals surface area contributed by atoms with Crippen LogP contribution in [-0.4, -0.2) is 36.9 Å². The number of Topliss-reactive ketones (excluding diaryl/α,β-unsaturated/α-hetero) is 1. The highest BCUT2D eigenvalue weighted by Gasteiger charge is 2.21. The van der Waals surface area contributed by atoms with Crippen molar-refractivity contribution in [2.24, 2.45) is 0 Å². The van der Waals surface area contributed by atoms with E-state index in [2.05, 4.69) is 11.8 Å². The predicted octanol–water partition coefficient (Wildman–Crippen LogP) is 3.45. The molecule has 0 N–H and O–H groups in total. The van der Waals surface area contributed by atoms with Crippen LogP contribution < -0.4 is 4.74 Å². The van der Waals surface area contributed by atoms with Crippen LogP contribution in [0.5, 0.6) is 5.75 Å². The standard InChI is InChI=1S/C17H25NO2/c1-13-8-9-15(17(11-13)20-3)16(19)12-18-10-6-4-5-7-14(18)2/h8-9,11,14H,4-7,10,12H2,1-3H3. The first-order valence-electron chi connectivity index (χ1n) is 7.53. The molecule has 3 heteroatoms. The van der Waals surface area contributed by atoms with E-state index in [1.165, 1.54) is 25.7 Å². The molecule has 1 aliphatic rings. The number of benzene rings is 1. The lowest BCUT2D eigenvalue weighted by molar-refractivity contribution is 0.0898. The molecule has 1 saturated heterocycles. The van der Waals surface area contributed by atoms with Gasteiger partial charge in [0, 0.05) is 6.04 Å². The molecule has 1 aliphatic heterocycles. The van der Waals surface area contributed by atoms with Crippen molar-refractivity contribution in [2.75, 3.05) is 20.2 Å². The number of aryl methyl sites for hydroxylation is 1. The predicted molar refractivity (Wildman–Crippen MR) is 81.6 cm³/mol. The maximum absolute atomic E-state index is 12.5. The van der Waals surface area contributed by atoms with Gasteiger partial charge in [-0.2, -0.15) is 0 Å². The minimum absolute atomic E-state index is 0.163. The van der Waals surface area contributed by atoms with Crippen molar-refractivity contribution < 1.29 is 9.53 Å². The van der Waals surface area contributed by atoms with Gasteiger partial charge in [0.1, 0.15) is 5.75 Å². The van der Waals surface area contributed by atoms with Gasteiger partial charge < -0.3 is 4.74 Å². The van der Waals surface area contributed by atoms with Gasteiger partial charge in [-0.15, -0.1) is 0 Å². The molecule has 1 heterocycles. The van der Waals surface area contributed by atoms with Gasteiger partial charge in [-0.25, -0.2) is 0 Å². The Kier molecular flexibility index (Phi) is 5.18. The first-order chi connectivity index (χ1) is 9.61. The maximum Gasteiger partial charge on any atom is 0.180 e. The van der Waals surface area contributed by atoms with Gasteiger partial charge in [0.05, 0.1) is 19.2 Å². The molecule has 20 heavy (non-hydrogen) atoms. The van der Waals surface area contributed by atoms with Crippen LogP contribution in [0.1, 0.15) is 48.5 Å². The number of methoxy groups -OCH3 is 1. The largest absolute Gasteiger partial charge is 0.496 e. The zero-order chi connectivity index (χ0) is 14.5. The molecule has 0 saturated carbocycles. The molecule has 1 aromatic carbocycles. The summed E-state index contributed by atoms with van der Waals surface area (Å²) >= 11 is 0. The minimum atomic E-state index is 0.163. The highest BCUT2D eigenvalue weighted by atomic mass is 16.5. The second-order valence-electron chi connectivity index (χ2n) is 5.80. The number of hydrogen-bond donors (Lipinski definition) is 0. The van der Waals surface area contributed by atoms with Gasteiger partial charge in [0.2, 0.25) is 0 Å². The monoisotopic (exact) mass is 275 g/mol. The van der Waals surface area contributed by atoms with Gasteiger partial charge in [-0.1, -0.05) is 18.9 Å². The second-order valence-corrected chi connectivity index (χ2v) is 5.80. The molecule has 2 rings (SSSR count). The lowest BCUT2D eigenvalue weighted by atomic mass is 10.1. The van der Waals surface area contributed by atoms with Crippen LogP contribution in [0, 0.1) is 6.92 Å². The van der Waals surface area contributed by atoms with E-state index >= 15 is 0 Å². The summed E-state index contributed by atoms with van der Waals surface area (Å²) in [6.45, 7) is 5.76. The van der Waals surface area contributed by atoms with E-state index in [4.69, 9.17) is 4.74 Å². The van der Waals surface area contributed by atoms with Gasteiger partial charge in [-0.3, -0.25) is 9.69 Å². The van der Waals surface area contributed by atoms with E-state index in [-0.39, 0.29) is 5.78 Å². The quantitative estimate of drug-likeness (QED) is 0.788. The SMILES string of the molecule is COc1cc(C)ccc1C(=O)CN1CCCCCC1C. The van der Waals surface area contributed by atoms with Crippen LogP contribution in [0.4, 0.5) is 0 Å². The Hall–Kier alpha value is -1.35. The topological polar surface area (TPSA) is 29.5 Å². The molecule has 0 spiro atoms. The molecule has 0 bridgehead atoms. The Bertz CT molecular complexity index is 470. The summed E-state index contributed by atoms with van der Waals surface area (Å²) in [6.07, 6.45) is 4.95. The zero-order valence-corrected chi connectivity index (χ0v) is 12.8. The molecule has 1 unspecified atom stereocenters.